The van der Waals surface area contributed by atoms with E-state index in [1.807, 2.05) is 24.3 Å². The zero-order chi connectivity index (χ0) is 68.1. The second-order valence-electron chi connectivity index (χ2n) is 22.9. The van der Waals surface area contributed by atoms with Crippen molar-refractivity contribution in [1.29, 1.82) is 0 Å². The normalized spacial score (nSPS) is 24.5. The van der Waals surface area contributed by atoms with Gasteiger partial charge < -0.3 is 97.1 Å². The first kappa shape index (κ1) is 74.9. The molecule has 2 aromatic heterocycles. The van der Waals surface area contributed by atoms with Crippen LogP contribution >= 0.6 is 23.7 Å². The molecule has 36 heteroatoms. The third-order valence-corrected chi connectivity index (χ3v) is 17.3. The molecule has 0 bridgehead atoms. The number of nitrogens with two attached hydrogens (primary N) is 1. The molecule has 508 valence electrons. The van der Waals surface area contributed by atoms with Crippen molar-refractivity contribution in [2.45, 2.75) is 145 Å². The van der Waals surface area contributed by atoms with E-state index in [1.165, 1.54) is 30.4 Å². The first-order valence-corrected chi connectivity index (χ1v) is 31.4. The molecule has 15 N–H and O–H groups in total. The average Bonchev–Trinajstić information content (AvgIpc) is 1.73. The molecule has 5 aromatic rings. The Kier molecular flexibility index (Phi) is 27.2. The van der Waals surface area contributed by atoms with Crippen LogP contribution in [0.5, 0.6) is 17.2 Å². The van der Waals surface area contributed by atoms with E-state index >= 15 is 0 Å². The van der Waals surface area contributed by atoms with Gasteiger partial charge in [-0.2, -0.15) is 5.10 Å². The first-order chi connectivity index (χ1) is 44.9. The molecule has 3 saturated heterocycles. The van der Waals surface area contributed by atoms with Crippen LogP contribution < -0.4 is 76.1 Å². The number of phenolic OH excluding ortho intramolecular Hbond substituents is 1. The Morgan fingerprint density at radius 2 is 1.48 bits per heavy atom. The fourth-order valence-corrected chi connectivity index (χ4v) is 12.0. The average molecular weight is 1370 g/mol. The monoisotopic (exact) mass is 1370 g/mol. The van der Waals surface area contributed by atoms with Crippen LogP contribution in [0.15, 0.2) is 79.1 Å². The Hall–Kier alpha value is -7.46. The number of carbonyl (C=O) groups is 8. The van der Waals surface area contributed by atoms with E-state index in [9.17, 15) is 84.5 Å². The number of β-amino-alcohol motifs (C(OH)–C–C–N with tert-alkyl or cyclic N) is 1. The molecular weight excluding hydrogens is 1300 g/mol. The molecule has 0 spiro atoms. The van der Waals surface area contributed by atoms with Crippen LogP contribution in [0.2, 0.25) is 0 Å². The molecule has 14 atom stereocenters. The quantitative estimate of drug-likeness (QED) is 0.0101. The molecule has 3 aliphatic heterocycles. The van der Waals surface area contributed by atoms with Crippen LogP contribution in [0.3, 0.4) is 0 Å². The fraction of sp³-hybridized carbons (Fsp3) is 0.475. The molecule has 3 aromatic carbocycles. The molecular formula is C59H73N12NaO21S2. The number of amides is 8. The van der Waals surface area contributed by atoms with Crippen LogP contribution in [-0.4, -0.2) is 217 Å². The van der Waals surface area contributed by atoms with Crippen molar-refractivity contribution in [1.82, 2.24) is 56.4 Å². The maximum atomic E-state index is 14.7. The molecule has 3 fully saturated rings. The van der Waals surface area contributed by atoms with E-state index < -0.39 is 183 Å². The van der Waals surface area contributed by atoms with Gasteiger partial charge >= 0.3 is 29.6 Å². The van der Waals surface area contributed by atoms with E-state index in [0.717, 1.165) is 72.0 Å². The number of aliphatic hydroxyl groups excluding tert-OH is 7. The summed E-state index contributed by atoms with van der Waals surface area (Å²) in [4.78, 5) is 115. The third kappa shape index (κ3) is 19.0. The van der Waals surface area contributed by atoms with Crippen molar-refractivity contribution in [3.8, 4) is 44.1 Å². The summed E-state index contributed by atoms with van der Waals surface area (Å²) in [6, 6.07) is 3.97. The number of fused-ring (bicyclic) bond motifs is 2. The summed E-state index contributed by atoms with van der Waals surface area (Å²) in [6.45, 7) is 3.42. The minimum absolute atomic E-state index is 0. The summed E-state index contributed by atoms with van der Waals surface area (Å²) >= 11 is 1.15. The molecule has 0 radical (unpaired) electrons. The Morgan fingerprint density at radius 1 is 0.811 bits per heavy atom. The van der Waals surface area contributed by atoms with Crippen LogP contribution in [-0.2, 0) is 42.9 Å². The van der Waals surface area contributed by atoms with Gasteiger partial charge in [0.15, 0.2) is 16.5 Å². The van der Waals surface area contributed by atoms with Crippen LogP contribution in [0.1, 0.15) is 87.7 Å². The Labute approximate surface area is 573 Å². The van der Waals surface area contributed by atoms with Gasteiger partial charge in [0, 0.05) is 55.7 Å². The summed E-state index contributed by atoms with van der Waals surface area (Å²) in [6.07, 6.45) is -8.46. The number of hydrogen-bond donors (Lipinski definition) is 14. The van der Waals surface area contributed by atoms with Gasteiger partial charge in [-0.3, -0.25) is 43.4 Å². The topological polar surface area (TPSA) is 495 Å². The minimum atomic E-state index is -2.54. The summed E-state index contributed by atoms with van der Waals surface area (Å²) in [5, 5.41) is 130. The zero-order valence-corrected chi connectivity index (χ0v) is 55.5. The molecule has 13 unspecified atom stereocenters. The van der Waals surface area contributed by atoms with E-state index in [-0.39, 0.29) is 53.0 Å². The molecule has 3 aliphatic rings. The van der Waals surface area contributed by atoms with E-state index in [2.05, 4.69) is 58.2 Å². The number of benzene rings is 3. The Balaban J connectivity index is 0.0000128. The number of aliphatic hydroxyl groups is 7. The third-order valence-electron chi connectivity index (χ3n) is 16.0. The van der Waals surface area contributed by atoms with Crippen LogP contribution in [0, 0.1) is 5.92 Å². The van der Waals surface area contributed by atoms with E-state index in [0.29, 0.717) is 27.7 Å². The predicted octanol–water partition coefficient (Wildman–Crippen LogP) is -5.79. The predicted molar refractivity (Wildman–Crippen MR) is 326 cm³/mol. The number of unbranched alkanes of at least 4 members (excludes halogenated alkanes) is 3. The second kappa shape index (κ2) is 34.5. The zero-order valence-electron chi connectivity index (χ0n) is 51.8. The maximum Gasteiger partial charge on any atom is 1.00 e. The van der Waals surface area contributed by atoms with Crippen molar-refractivity contribution in [3.05, 3.63) is 90.3 Å². The number of hydrogen-bond acceptors (Lipinski definition) is 26. The number of aromatic hydroxyl groups is 1. The standard InChI is InChI=1S/C59H74N12O21S2.Na/c1-4-5-6-7-18-89-37-15-13-34(14-16-37)71-26-33(23-62-71)57-68-67-56(93-57)31-10-8-30(9-11-31)51(81)63-38-20-35(73)24-61-55(85)47-48(78)28(2)25-70(47)59(87)45(41(76)22-43(60)77)65-54(84)46(50(80)49(79)32-12-17-40(75)42(19-32)90-94-92-91-88)66-53(83)39-21-36(74)27-69(39)58(86)44(29(3)72)64-52(38)82;/h8-17,19,23,26,28-29,35-36,38-39,41,44-50,72-76,78-80,88H,4-7,18,20-22,24-25,27H2,1-3H3,(H2,60,77)(H,61,85)(H,63,81)(H,64,82)(H,65,84)(H,66,83);/q;+1/p-1/t28?,29?,35?,36?,38-,39?,41?,44?,45?,46?,47?,48?,49?,50?;/m0./s1. The summed E-state index contributed by atoms with van der Waals surface area (Å²) in [7, 11) is 0. The van der Waals surface area contributed by atoms with Crippen molar-refractivity contribution in [3.63, 3.8) is 0 Å². The molecule has 8 amide bonds. The van der Waals surface area contributed by atoms with Gasteiger partial charge in [0.25, 0.3) is 18.2 Å². The summed E-state index contributed by atoms with van der Waals surface area (Å²) in [5.74, 6) is -11.3. The number of nitrogens with one attached hydrogen (secondary N) is 5. The number of primary amides is 1. The van der Waals surface area contributed by atoms with Crippen molar-refractivity contribution in [2.75, 3.05) is 26.2 Å². The number of phenols is 1. The number of rotatable bonds is 22. The minimum Gasteiger partial charge on any atom is -0.691 e. The van der Waals surface area contributed by atoms with Gasteiger partial charge in [-0.1, -0.05) is 62.6 Å². The summed E-state index contributed by atoms with van der Waals surface area (Å²) < 4.78 is 16.6. The Morgan fingerprint density at radius 3 is 2.16 bits per heavy atom. The fourth-order valence-electron chi connectivity index (χ4n) is 10.9. The van der Waals surface area contributed by atoms with Crippen molar-refractivity contribution in [2.24, 2.45) is 11.7 Å². The summed E-state index contributed by atoms with van der Waals surface area (Å²) in [5.41, 5.74) is 6.99. The van der Waals surface area contributed by atoms with Crippen molar-refractivity contribution >= 4 is 70.9 Å². The van der Waals surface area contributed by atoms with Crippen LogP contribution in [0.25, 0.3) is 26.8 Å². The largest absolute Gasteiger partial charge is 1.00 e. The SMILES string of the molecule is CCCCCCOc1ccc(-n2cc(-c3nnc(-c4ccc(C(=O)N[C@H]5CC(O)CNC(=O)C6C(O)C(C)CN6C(=O)C(C(O)CC(N)=O)NC(=O)C(C(O)C(O)c6ccc(O)c(OSOO[O-])c6)NC(=O)C6CC(O)CN6C(=O)C(C(C)O)NC5=O)cc4)s3)cn2)cc1.[Na+]. The second-order valence-corrected chi connectivity index (χ2v) is 24.3. The molecule has 0 saturated carbocycles. The van der Waals surface area contributed by atoms with E-state index in [4.69, 9.17) is 14.7 Å². The molecule has 8 rings (SSSR count). The van der Waals surface area contributed by atoms with Crippen LogP contribution in [0.4, 0.5) is 0 Å². The van der Waals surface area contributed by atoms with Gasteiger partial charge in [-0.25, -0.2) is 4.68 Å². The van der Waals surface area contributed by atoms with Gasteiger partial charge in [-0.15, -0.1) is 14.5 Å². The Bertz CT molecular complexity index is 3480. The number of aromatic nitrogens is 4. The molecule has 95 heavy (non-hydrogen) atoms. The number of carbonyl (C=O) groups excluding carboxylic acids is 8. The van der Waals surface area contributed by atoms with Crippen molar-refractivity contribution < 1.29 is 132 Å². The van der Waals surface area contributed by atoms with Gasteiger partial charge in [0.1, 0.15) is 59.2 Å². The van der Waals surface area contributed by atoms with Gasteiger partial charge in [0.2, 0.25) is 41.4 Å². The smallest absolute Gasteiger partial charge is 0.691 e. The molecule has 5 heterocycles. The van der Waals surface area contributed by atoms with Gasteiger partial charge in [0.05, 0.1) is 61.0 Å². The van der Waals surface area contributed by atoms with Gasteiger partial charge in [-0.05, 0) is 67.4 Å². The molecule has 0 aliphatic carbocycles. The first-order valence-electron chi connectivity index (χ1n) is 29.9. The molecule has 33 nitrogen and oxygen atoms in total. The van der Waals surface area contributed by atoms with E-state index in [1.54, 1.807) is 29.2 Å². The number of nitrogens with zero attached hydrogens (tertiary/aromatic N) is 6. The maximum absolute atomic E-state index is 14.7. The number of ether oxygens (including phenoxy) is 1.